The first-order valence-corrected chi connectivity index (χ1v) is 7.72. The molecule has 0 aliphatic heterocycles. The number of rotatable bonds is 5. The number of carbonyl (C=O) groups is 1. The van der Waals surface area contributed by atoms with Gasteiger partial charge < -0.3 is 10.3 Å². The van der Waals surface area contributed by atoms with Gasteiger partial charge in [0.05, 0.1) is 11.7 Å². The molecule has 2 heterocycles. The lowest BCUT2D eigenvalue weighted by Gasteiger charge is -2.16. The molecule has 1 aromatic carbocycles. The first-order valence-electron chi connectivity index (χ1n) is 7.72. The zero-order valence-corrected chi connectivity index (χ0v) is 13.3. The van der Waals surface area contributed by atoms with Crippen molar-refractivity contribution in [1.82, 2.24) is 20.1 Å². The topological polar surface area (TPSA) is 62.7 Å². The fraction of sp³-hybridized carbons (Fsp3) is 0.222. The number of benzene rings is 1. The Bertz CT molecular complexity index is 788. The molecule has 0 aliphatic rings. The van der Waals surface area contributed by atoms with Crippen LogP contribution in [0.15, 0.2) is 54.7 Å². The van der Waals surface area contributed by atoms with Crippen molar-refractivity contribution in [3.05, 3.63) is 66.1 Å². The highest BCUT2D eigenvalue weighted by atomic mass is 16.1. The summed E-state index contributed by atoms with van der Waals surface area (Å²) in [7, 11) is 1.88. The van der Waals surface area contributed by atoms with Crippen LogP contribution < -0.4 is 5.32 Å². The van der Waals surface area contributed by atoms with E-state index < -0.39 is 0 Å². The molecule has 5 heteroatoms. The highest BCUT2D eigenvalue weighted by Gasteiger charge is 2.17. The molecule has 0 radical (unpaired) electrons. The Balaban J connectivity index is 1.76. The molecule has 0 aliphatic carbocycles. The van der Waals surface area contributed by atoms with E-state index in [0.29, 0.717) is 5.69 Å². The van der Waals surface area contributed by atoms with E-state index in [1.54, 1.807) is 10.9 Å². The normalized spacial score (nSPS) is 12.1. The molecule has 3 aromatic rings. The molecular formula is C18H20N4O. The summed E-state index contributed by atoms with van der Waals surface area (Å²) in [5.74, 6) is -0.111. The molecule has 0 bridgehead atoms. The van der Waals surface area contributed by atoms with E-state index in [2.05, 4.69) is 15.4 Å². The Hall–Kier alpha value is -2.82. The van der Waals surface area contributed by atoms with Crippen LogP contribution >= 0.6 is 0 Å². The van der Waals surface area contributed by atoms with Gasteiger partial charge in [-0.2, -0.15) is 5.10 Å². The van der Waals surface area contributed by atoms with Crippen LogP contribution in [0.2, 0.25) is 0 Å². The summed E-state index contributed by atoms with van der Waals surface area (Å²) < 4.78 is 1.79. The van der Waals surface area contributed by atoms with E-state index in [-0.39, 0.29) is 11.9 Å². The zero-order valence-electron chi connectivity index (χ0n) is 13.3. The van der Waals surface area contributed by atoms with Crippen molar-refractivity contribution in [2.75, 3.05) is 0 Å². The SMILES string of the molecule is CCC(NC(=O)c1ccc(-c2ccccc2)[nH]1)c1ccnn1C. The Morgan fingerprint density at radius 3 is 2.65 bits per heavy atom. The Kier molecular flexibility index (Phi) is 4.28. The lowest BCUT2D eigenvalue weighted by molar-refractivity contribution is 0.0929. The highest BCUT2D eigenvalue weighted by Crippen LogP contribution is 2.19. The van der Waals surface area contributed by atoms with Gasteiger partial charge in [0.2, 0.25) is 0 Å². The van der Waals surface area contributed by atoms with Gasteiger partial charge in [-0.1, -0.05) is 37.3 Å². The van der Waals surface area contributed by atoms with Crippen LogP contribution in [0.3, 0.4) is 0 Å². The predicted molar refractivity (Wildman–Crippen MR) is 89.9 cm³/mol. The van der Waals surface area contributed by atoms with Gasteiger partial charge in [0.15, 0.2) is 0 Å². The lowest BCUT2D eigenvalue weighted by Crippen LogP contribution is -2.29. The van der Waals surface area contributed by atoms with Gasteiger partial charge in [-0.25, -0.2) is 0 Å². The van der Waals surface area contributed by atoms with E-state index in [0.717, 1.165) is 23.4 Å². The minimum atomic E-state index is -0.111. The van der Waals surface area contributed by atoms with Gasteiger partial charge >= 0.3 is 0 Å². The molecule has 23 heavy (non-hydrogen) atoms. The number of carbonyl (C=O) groups excluding carboxylic acids is 1. The molecule has 1 amide bonds. The van der Waals surface area contributed by atoms with Crippen LogP contribution in [0, 0.1) is 0 Å². The average molecular weight is 308 g/mol. The third-order valence-electron chi connectivity index (χ3n) is 3.94. The van der Waals surface area contributed by atoms with Gasteiger partial charge in [-0.05, 0) is 30.2 Å². The van der Waals surface area contributed by atoms with Crippen molar-refractivity contribution in [3.8, 4) is 11.3 Å². The van der Waals surface area contributed by atoms with Crippen LogP contribution in [0.25, 0.3) is 11.3 Å². The molecule has 2 N–H and O–H groups in total. The Labute approximate surface area is 135 Å². The minimum absolute atomic E-state index is 0.0570. The zero-order chi connectivity index (χ0) is 16.2. The van der Waals surface area contributed by atoms with Gasteiger partial charge in [0.25, 0.3) is 5.91 Å². The van der Waals surface area contributed by atoms with E-state index in [9.17, 15) is 4.79 Å². The second-order valence-electron chi connectivity index (χ2n) is 5.47. The van der Waals surface area contributed by atoms with E-state index >= 15 is 0 Å². The molecule has 3 rings (SSSR count). The highest BCUT2D eigenvalue weighted by molar-refractivity contribution is 5.93. The number of aryl methyl sites for hydroxylation is 1. The third-order valence-corrected chi connectivity index (χ3v) is 3.94. The van der Waals surface area contributed by atoms with Crippen molar-refractivity contribution in [2.24, 2.45) is 7.05 Å². The van der Waals surface area contributed by atoms with Crippen molar-refractivity contribution in [2.45, 2.75) is 19.4 Å². The fourth-order valence-electron chi connectivity index (χ4n) is 2.66. The number of hydrogen-bond donors (Lipinski definition) is 2. The average Bonchev–Trinajstić information content (AvgIpc) is 3.22. The fourth-order valence-corrected chi connectivity index (χ4v) is 2.66. The second kappa shape index (κ2) is 6.52. The summed E-state index contributed by atoms with van der Waals surface area (Å²) in [6.45, 7) is 2.04. The standard InChI is InChI=1S/C18H20N4O/c1-3-14(17-11-12-19-22(17)2)21-18(23)16-10-9-15(20-16)13-7-5-4-6-8-13/h4-12,14,20H,3H2,1-2H3,(H,21,23). The summed E-state index contributed by atoms with van der Waals surface area (Å²) in [5, 5.41) is 7.23. The lowest BCUT2D eigenvalue weighted by atomic mass is 10.1. The number of aromatic nitrogens is 3. The number of hydrogen-bond acceptors (Lipinski definition) is 2. The van der Waals surface area contributed by atoms with E-state index in [4.69, 9.17) is 0 Å². The summed E-state index contributed by atoms with van der Waals surface area (Å²) in [6.07, 6.45) is 2.55. The number of nitrogens with zero attached hydrogens (tertiary/aromatic N) is 2. The van der Waals surface area contributed by atoms with Crippen LogP contribution in [-0.4, -0.2) is 20.7 Å². The van der Waals surface area contributed by atoms with Gasteiger partial charge in [-0.15, -0.1) is 0 Å². The van der Waals surface area contributed by atoms with Crippen LogP contribution in [0.5, 0.6) is 0 Å². The van der Waals surface area contributed by atoms with E-state index in [1.165, 1.54) is 0 Å². The van der Waals surface area contributed by atoms with Gasteiger partial charge in [-0.3, -0.25) is 9.48 Å². The summed E-state index contributed by atoms with van der Waals surface area (Å²) in [6, 6.07) is 15.6. The second-order valence-corrected chi connectivity index (χ2v) is 5.47. The molecule has 1 atom stereocenters. The number of amides is 1. The Morgan fingerprint density at radius 2 is 2.00 bits per heavy atom. The van der Waals surface area contributed by atoms with Gasteiger partial charge in [0, 0.05) is 18.9 Å². The molecule has 0 fully saturated rings. The number of nitrogens with one attached hydrogen (secondary N) is 2. The molecule has 0 spiro atoms. The number of H-pyrrole nitrogens is 1. The maximum absolute atomic E-state index is 12.5. The van der Waals surface area contributed by atoms with Crippen LogP contribution in [0.1, 0.15) is 35.6 Å². The number of aromatic amines is 1. The first-order chi connectivity index (χ1) is 11.2. The van der Waals surface area contributed by atoms with Crippen molar-refractivity contribution < 1.29 is 4.79 Å². The van der Waals surface area contributed by atoms with Crippen molar-refractivity contribution >= 4 is 5.91 Å². The predicted octanol–water partition coefficient (Wildman–Crippen LogP) is 3.30. The smallest absolute Gasteiger partial charge is 0.268 e. The summed E-state index contributed by atoms with van der Waals surface area (Å²) >= 11 is 0. The molecule has 0 saturated carbocycles. The molecule has 2 aromatic heterocycles. The third kappa shape index (κ3) is 3.18. The van der Waals surface area contributed by atoms with Crippen molar-refractivity contribution in [1.29, 1.82) is 0 Å². The van der Waals surface area contributed by atoms with Crippen LogP contribution in [-0.2, 0) is 7.05 Å². The molecule has 5 nitrogen and oxygen atoms in total. The van der Waals surface area contributed by atoms with Crippen molar-refractivity contribution in [3.63, 3.8) is 0 Å². The first kappa shape index (κ1) is 15.1. The monoisotopic (exact) mass is 308 g/mol. The minimum Gasteiger partial charge on any atom is -0.351 e. The summed E-state index contributed by atoms with van der Waals surface area (Å²) in [5.41, 5.74) is 3.55. The maximum Gasteiger partial charge on any atom is 0.268 e. The summed E-state index contributed by atoms with van der Waals surface area (Å²) in [4.78, 5) is 15.7. The Morgan fingerprint density at radius 1 is 1.22 bits per heavy atom. The molecule has 118 valence electrons. The van der Waals surface area contributed by atoms with Gasteiger partial charge in [0.1, 0.15) is 5.69 Å². The molecule has 1 unspecified atom stereocenters. The molecule has 0 saturated heterocycles. The van der Waals surface area contributed by atoms with Crippen LogP contribution in [0.4, 0.5) is 0 Å². The molecular weight excluding hydrogens is 288 g/mol. The maximum atomic E-state index is 12.5. The quantitative estimate of drug-likeness (QED) is 0.759. The van der Waals surface area contributed by atoms with E-state index in [1.807, 2.05) is 62.5 Å². The largest absolute Gasteiger partial charge is 0.351 e.